The lowest BCUT2D eigenvalue weighted by atomic mass is 9.87. The predicted molar refractivity (Wildman–Crippen MR) is 78.7 cm³/mol. The second kappa shape index (κ2) is 7.28. The van der Waals surface area contributed by atoms with E-state index >= 15 is 0 Å². The van der Waals surface area contributed by atoms with E-state index < -0.39 is 0 Å². The first-order valence-corrected chi connectivity index (χ1v) is 7.36. The van der Waals surface area contributed by atoms with Crippen molar-refractivity contribution in [2.45, 2.75) is 45.1 Å². The van der Waals surface area contributed by atoms with Crippen molar-refractivity contribution in [3.8, 4) is 5.88 Å². The van der Waals surface area contributed by atoms with E-state index in [1.165, 1.54) is 6.33 Å². The van der Waals surface area contributed by atoms with Gasteiger partial charge in [-0.1, -0.05) is 6.92 Å². The van der Waals surface area contributed by atoms with Crippen molar-refractivity contribution in [1.82, 2.24) is 9.97 Å². The Morgan fingerprint density at radius 3 is 2.80 bits per heavy atom. The third-order valence-corrected chi connectivity index (χ3v) is 3.66. The van der Waals surface area contributed by atoms with E-state index in [1.807, 2.05) is 6.92 Å². The van der Waals surface area contributed by atoms with Gasteiger partial charge in [-0.3, -0.25) is 0 Å². The highest BCUT2D eigenvalue weighted by atomic mass is 16.5. The van der Waals surface area contributed by atoms with Crippen LogP contribution in [0.5, 0.6) is 5.88 Å². The summed E-state index contributed by atoms with van der Waals surface area (Å²) in [6.45, 7) is 3.45. The summed E-state index contributed by atoms with van der Waals surface area (Å²) in [6, 6.07) is 0. The molecule has 0 unspecified atom stereocenters. The van der Waals surface area contributed by atoms with E-state index in [1.54, 1.807) is 0 Å². The van der Waals surface area contributed by atoms with Gasteiger partial charge in [0.25, 0.3) is 0 Å². The van der Waals surface area contributed by atoms with Crippen LogP contribution in [0.15, 0.2) is 6.33 Å². The Hall–Kier alpha value is -1.56. The van der Waals surface area contributed by atoms with E-state index in [0.717, 1.165) is 38.6 Å². The smallest absolute Gasteiger partial charge is 0.242 e. The van der Waals surface area contributed by atoms with Gasteiger partial charge in [-0.05, 0) is 38.0 Å². The maximum Gasteiger partial charge on any atom is 0.242 e. The van der Waals surface area contributed by atoms with Crippen LogP contribution >= 0.6 is 0 Å². The summed E-state index contributed by atoms with van der Waals surface area (Å²) in [5, 5.41) is 12.8. The zero-order valence-electron chi connectivity index (χ0n) is 12.0. The van der Waals surface area contributed by atoms with Gasteiger partial charge in [0.05, 0.1) is 12.7 Å². The fourth-order valence-corrected chi connectivity index (χ4v) is 2.42. The van der Waals surface area contributed by atoms with Crippen molar-refractivity contribution in [1.29, 1.82) is 0 Å². The zero-order valence-corrected chi connectivity index (χ0v) is 12.0. The maximum absolute atomic E-state index is 9.50. The minimum absolute atomic E-state index is 0.121. The Bertz CT molecular complexity index is 420. The van der Waals surface area contributed by atoms with Crippen LogP contribution in [0.1, 0.15) is 39.0 Å². The minimum Gasteiger partial charge on any atom is -0.476 e. The molecule has 0 aromatic carbocycles. The number of nitrogens with zero attached hydrogens (tertiary/aromatic N) is 2. The highest BCUT2D eigenvalue weighted by Crippen LogP contribution is 2.27. The molecule has 1 aromatic heterocycles. The topological polar surface area (TPSA) is 93.3 Å². The average Bonchev–Trinajstić information content (AvgIpc) is 2.47. The molecule has 2 rings (SSSR count). The predicted octanol–water partition coefficient (Wildman–Crippen LogP) is 1.81. The lowest BCUT2D eigenvalue weighted by Gasteiger charge is -2.25. The molecule has 6 heteroatoms. The fourth-order valence-electron chi connectivity index (χ4n) is 2.42. The molecule has 6 nitrogen and oxygen atoms in total. The Kier molecular flexibility index (Phi) is 5.40. The molecule has 1 heterocycles. The van der Waals surface area contributed by atoms with E-state index in [4.69, 9.17) is 10.5 Å². The van der Waals surface area contributed by atoms with Crippen LogP contribution in [-0.2, 0) is 0 Å². The van der Waals surface area contributed by atoms with E-state index in [9.17, 15) is 5.11 Å². The van der Waals surface area contributed by atoms with Crippen LogP contribution in [0.25, 0.3) is 0 Å². The second-order valence-electron chi connectivity index (χ2n) is 5.35. The Morgan fingerprint density at radius 2 is 2.10 bits per heavy atom. The van der Waals surface area contributed by atoms with Crippen LogP contribution in [0.2, 0.25) is 0 Å². The standard InChI is InChI=1S/C14H24N4O2/c1-2-7-20-14-12(15)13(17-9-18-14)16-8-10-3-5-11(19)6-4-10/h9-11,19H,2-8,15H2,1H3,(H,16,17,18). The highest BCUT2D eigenvalue weighted by molar-refractivity contribution is 5.66. The number of hydrogen-bond acceptors (Lipinski definition) is 6. The largest absolute Gasteiger partial charge is 0.476 e. The number of aliphatic hydroxyl groups is 1. The monoisotopic (exact) mass is 280 g/mol. The van der Waals surface area contributed by atoms with Gasteiger partial charge in [-0.2, -0.15) is 4.98 Å². The van der Waals surface area contributed by atoms with Gasteiger partial charge in [-0.15, -0.1) is 0 Å². The van der Waals surface area contributed by atoms with Crippen LogP contribution in [0.4, 0.5) is 11.5 Å². The van der Waals surface area contributed by atoms with E-state index in [0.29, 0.717) is 29.9 Å². The van der Waals surface area contributed by atoms with Crippen LogP contribution in [0.3, 0.4) is 0 Å². The molecular formula is C14H24N4O2. The number of aliphatic hydroxyl groups excluding tert-OH is 1. The number of rotatable bonds is 6. The molecule has 0 atom stereocenters. The van der Waals surface area contributed by atoms with Crippen molar-refractivity contribution in [2.24, 2.45) is 5.92 Å². The molecule has 4 N–H and O–H groups in total. The number of nitrogen functional groups attached to an aromatic ring is 1. The quantitative estimate of drug-likeness (QED) is 0.736. The molecule has 1 fully saturated rings. The van der Waals surface area contributed by atoms with Crippen molar-refractivity contribution >= 4 is 11.5 Å². The Balaban J connectivity index is 1.89. The van der Waals surface area contributed by atoms with Gasteiger partial charge in [0.15, 0.2) is 5.82 Å². The van der Waals surface area contributed by atoms with Gasteiger partial charge < -0.3 is 20.9 Å². The van der Waals surface area contributed by atoms with Gasteiger partial charge >= 0.3 is 0 Å². The Morgan fingerprint density at radius 1 is 1.35 bits per heavy atom. The van der Waals surface area contributed by atoms with Crippen molar-refractivity contribution in [2.75, 3.05) is 24.2 Å². The van der Waals surface area contributed by atoms with Crippen molar-refractivity contribution in [3.63, 3.8) is 0 Å². The van der Waals surface area contributed by atoms with Crippen molar-refractivity contribution in [3.05, 3.63) is 6.33 Å². The summed E-state index contributed by atoms with van der Waals surface area (Å²) in [4.78, 5) is 8.22. The second-order valence-corrected chi connectivity index (χ2v) is 5.35. The van der Waals surface area contributed by atoms with E-state index in [-0.39, 0.29) is 6.10 Å². The lowest BCUT2D eigenvalue weighted by Crippen LogP contribution is -2.24. The summed E-state index contributed by atoms with van der Waals surface area (Å²) in [5.41, 5.74) is 6.48. The fraction of sp³-hybridized carbons (Fsp3) is 0.714. The third kappa shape index (κ3) is 3.96. The molecule has 112 valence electrons. The molecule has 0 radical (unpaired) electrons. The molecule has 1 aliphatic rings. The maximum atomic E-state index is 9.50. The number of ether oxygens (including phenoxy) is 1. The molecular weight excluding hydrogens is 256 g/mol. The number of anilines is 2. The molecule has 0 spiro atoms. The van der Waals surface area contributed by atoms with Crippen molar-refractivity contribution < 1.29 is 9.84 Å². The normalized spacial score (nSPS) is 22.5. The number of nitrogens with two attached hydrogens (primary N) is 1. The molecule has 1 saturated carbocycles. The van der Waals surface area contributed by atoms with Crippen LogP contribution in [0, 0.1) is 5.92 Å². The molecule has 20 heavy (non-hydrogen) atoms. The molecule has 1 aromatic rings. The summed E-state index contributed by atoms with van der Waals surface area (Å²) in [5.74, 6) is 1.65. The average molecular weight is 280 g/mol. The first-order valence-electron chi connectivity index (χ1n) is 7.36. The molecule has 0 bridgehead atoms. The number of hydrogen-bond donors (Lipinski definition) is 3. The van der Waals surface area contributed by atoms with Gasteiger partial charge in [0, 0.05) is 6.54 Å². The van der Waals surface area contributed by atoms with Gasteiger partial charge in [-0.25, -0.2) is 4.98 Å². The van der Waals surface area contributed by atoms with Gasteiger partial charge in [0.1, 0.15) is 12.0 Å². The first-order chi connectivity index (χ1) is 9.70. The number of nitrogens with one attached hydrogen (secondary N) is 1. The van der Waals surface area contributed by atoms with Gasteiger partial charge in [0.2, 0.25) is 5.88 Å². The summed E-state index contributed by atoms with van der Waals surface area (Å²) in [7, 11) is 0. The minimum atomic E-state index is -0.121. The summed E-state index contributed by atoms with van der Waals surface area (Å²) in [6.07, 6.45) is 6.11. The SMILES string of the molecule is CCCOc1ncnc(NCC2CCC(O)CC2)c1N. The first kappa shape index (κ1) is 14.8. The Labute approximate surface area is 119 Å². The molecule has 0 amide bonds. The molecule has 0 saturated heterocycles. The number of aromatic nitrogens is 2. The summed E-state index contributed by atoms with van der Waals surface area (Å²) >= 11 is 0. The summed E-state index contributed by atoms with van der Waals surface area (Å²) < 4.78 is 5.48. The van der Waals surface area contributed by atoms with E-state index in [2.05, 4.69) is 15.3 Å². The molecule has 0 aliphatic heterocycles. The zero-order chi connectivity index (χ0) is 14.4. The van der Waals surface area contributed by atoms with Crippen LogP contribution in [-0.4, -0.2) is 34.3 Å². The van der Waals surface area contributed by atoms with Crippen LogP contribution < -0.4 is 15.8 Å². The third-order valence-electron chi connectivity index (χ3n) is 3.66. The molecule has 1 aliphatic carbocycles. The highest BCUT2D eigenvalue weighted by Gasteiger charge is 2.19. The lowest BCUT2D eigenvalue weighted by molar-refractivity contribution is 0.111.